The summed E-state index contributed by atoms with van der Waals surface area (Å²) in [7, 11) is -0.0278. The molecule has 0 aliphatic carbocycles. The van der Waals surface area contributed by atoms with E-state index in [-0.39, 0.29) is 18.4 Å². The van der Waals surface area contributed by atoms with Gasteiger partial charge in [-0.2, -0.15) is 0 Å². The van der Waals surface area contributed by atoms with E-state index in [1.165, 1.54) is 5.56 Å². The van der Waals surface area contributed by atoms with Crippen LogP contribution in [0.4, 0.5) is 0 Å². The van der Waals surface area contributed by atoms with Gasteiger partial charge >= 0.3 is 0 Å². The second kappa shape index (κ2) is 12.0. The molecule has 1 aliphatic rings. The fraction of sp³-hybridized carbons (Fsp3) is 0.650. The quantitative estimate of drug-likeness (QED) is 0.384. The van der Waals surface area contributed by atoms with Gasteiger partial charge in [-0.15, -0.1) is 0 Å². The van der Waals surface area contributed by atoms with Crippen molar-refractivity contribution in [1.29, 1.82) is 0 Å². The molecule has 1 aromatic carbocycles. The van der Waals surface area contributed by atoms with Gasteiger partial charge in [0.15, 0.2) is 5.96 Å². The van der Waals surface area contributed by atoms with Crippen molar-refractivity contribution < 1.29 is 17.9 Å². The van der Waals surface area contributed by atoms with Crippen molar-refractivity contribution in [1.82, 2.24) is 15.4 Å². The number of aliphatic imine (C=N–C) groups is 1. The van der Waals surface area contributed by atoms with Gasteiger partial charge in [0.1, 0.15) is 5.75 Å². The van der Waals surface area contributed by atoms with Crippen LogP contribution in [0.5, 0.6) is 5.75 Å². The second-order valence-electron chi connectivity index (χ2n) is 7.15. The van der Waals surface area contributed by atoms with E-state index < -0.39 is 10.0 Å². The molecule has 1 atom stereocenters. The zero-order valence-corrected chi connectivity index (χ0v) is 18.5. The molecule has 1 unspecified atom stereocenters. The lowest BCUT2D eigenvalue weighted by molar-refractivity contribution is 0.0200. The maximum Gasteiger partial charge on any atom is 0.213 e. The summed E-state index contributed by atoms with van der Waals surface area (Å²) in [6.07, 6.45) is 3.80. The Hall–Kier alpha value is -1.84. The second-order valence-corrected chi connectivity index (χ2v) is 9.07. The number of nitrogens with one attached hydrogen (secondary N) is 3. The minimum Gasteiger partial charge on any atom is -0.496 e. The minimum atomic E-state index is -3.35. The number of guanidine groups is 1. The Morgan fingerprint density at radius 1 is 1.28 bits per heavy atom. The molecule has 0 spiro atoms. The fourth-order valence-corrected chi connectivity index (χ4v) is 4.16. The number of sulfonamides is 1. The van der Waals surface area contributed by atoms with Crippen LogP contribution < -0.4 is 20.1 Å². The number of hydrogen-bond donors (Lipinski definition) is 3. The van der Waals surface area contributed by atoms with Crippen molar-refractivity contribution in [3.05, 3.63) is 29.3 Å². The highest BCUT2D eigenvalue weighted by Crippen LogP contribution is 2.19. The average molecular weight is 427 g/mol. The van der Waals surface area contributed by atoms with E-state index in [1.54, 1.807) is 14.2 Å². The molecule has 0 saturated carbocycles. The highest BCUT2D eigenvalue weighted by atomic mass is 32.2. The first kappa shape index (κ1) is 23.4. The summed E-state index contributed by atoms with van der Waals surface area (Å²) < 4.78 is 37.9. The van der Waals surface area contributed by atoms with Crippen LogP contribution >= 0.6 is 0 Å². The zero-order chi connectivity index (χ0) is 21.1. The predicted octanol–water partition coefficient (Wildman–Crippen LogP) is 1.20. The Morgan fingerprint density at radius 3 is 2.76 bits per heavy atom. The molecule has 1 fully saturated rings. The maximum atomic E-state index is 12.2. The van der Waals surface area contributed by atoms with Crippen molar-refractivity contribution in [2.45, 2.75) is 38.7 Å². The van der Waals surface area contributed by atoms with Crippen LogP contribution in [-0.2, 0) is 21.2 Å². The van der Waals surface area contributed by atoms with E-state index in [0.29, 0.717) is 25.7 Å². The Labute approximate surface area is 174 Å². The van der Waals surface area contributed by atoms with E-state index in [9.17, 15) is 8.42 Å². The van der Waals surface area contributed by atoms with Crippen LogP contribution in [0.3, 0.4) is 0 Å². The predicted molar refractivity (Wildman–Crippen MR) is 116 cm³/mol. The number of ether oxygens (including phenoxy) is 2. The van der Waals surface area contributed by atoms with Crippen LogP contribution in [0.1, 0.15) is 30.4 Å². The van der Waals surface area contributed by atoms with Gasteiger partial charge in [0.05, 0.1) is 19.0 Å². The number of aryl methyl sites for hydroxylation is 1. The van der Waals surface area contributed by atoms with Crippen molar-refractivity contribution in [3.8, 4) is 5.75 Å². The smallest absolute Gasteiger partial charge is 0.213 e. The largest absolute Gasteiger partial charge is 0.496 e. The third-order valence-electron chi connectivity index (χ3n) is 4.81. The monoisotopic (exact) mass is 426 g/mol. The van der Waals surface area contributed by atoms with Crippen LogP contribution in [0.2, 0.25) is 0 Å². The summed E-state index contributed by atoms with van der Waals surface area (Å²) >= 11 is 0. The fourth-order valence-electron chi connectivity index (χ4n) is 3.20. The third kappa shape index (κ3) is 8.59. The van der Waals surface area contributed by atoms with Crippen molar-refractivity contribution in [2.24, 2.45) is 4.99 Å². The van der Waals surface area contributed by atoms with Gasteiger partial charge in [-0.1, -0.05) is 17.7 Å². The van der Waals surface area contributed by atoms with Crippen LogP contribution in [0.15, 0.2) is 23.2 Å². The molecule has 9 heteroatoms. The number of rotatable bonds is 10. The first-order valence-corrected chi connectivity index (χ1v) is 11.8. The van der Waals surface area contributed by atoms with E-state index in [2.05, 4.69) is 26.4 Å². The first-order chi connectivity index (χ1) is 13.9. The van der Waals surface area contributed by atoms with Crippen LogP contribution in [0.25, 0.3) is 0 Å². The molecule has 29 heavy (non-hydrogen) atoms. The van der Waals surface area contributed by atoms with E-state index in [4.69, 9.17) is 9.47 Å². The lowest BCUT2D eigenvalue weighted by atomic mass is 10.1. The summed E-state index contributed by atoms with van der Waals surface area (Å²) in [5, 5.41) is 6.25. The average Bonchev–Trinajstić information content (AvgIpc) is 2.72. The molecule has 0 aromatic heterocycles. The van der Waals surface area contributed by atoms with Crippen LogP contribution in [-0.4, -0.2) is 66.6 Å². The molecule has 1 aliphatic heterocycles. The van der Waals surface area contributed by atoms with E-state index in [1.807, 2.05) is 19.1 Å². The van der Waals surface area contributed by atoms with Gasteiger partial charge in [0, 0.05) is 33.3 Å². The summed E-state index contributed by atoms with van der Waals surface area (Å²) in [5.74, 6) is 1.41. The highest BCUT2D eigenvalue weighted by Gasteiger charge is 2.17. The van der Waals surface area contributed by atoms with Crippen molar-refractivity contribution in [3.63, 3.8) is 0 Å². The molecule has 1 saturated heterocycles. The Balaban J connectivity index is 1.69. The van der Waals surface area contributed by atoms with Gasteiger partial charge in [0.2, 0.25) is 10.0 Å². The lowest BCUT2D eigenvalue weighted by Crippen LogP contribution is -2.43. The van der Waals surface area contributed by atoms with Gasteiger partial charge in [-0.05, 0) is 44.2 Å². The first-order valence-electron chi connectivity index (χ1n) is 10.1. The summed E-state index contributed by atoms with van der Waals surface area (Å²) in [6, 6.07) is 6.09. The normalized spacial score (nSPS) is 17.8. The number of nitrogens with zero attached hydrogens (tertiary/aromatic N) is 1. The van der Waals surface area contributed by atoms with Crippen LogP contribution in [0, 0.1) is 6.92 Å². The SMILES string of the molecule is CN=C(NCCc1cc(C)ccc1OC)NCCS(=O)(=O)NCC1CCCCO1. The molecule has 164 valence electrons. The molecular formula is C20H34N4O4S. The minimum absolute atomic E-state index is 0.0143. The van der Waals surface area contributed by atoms with Gasteiger partial charge in [-0.3, -0.25) is 4.99 Å². The topological polar surface area (TPSA) is 101 Å². The Bertz CT molecular complexity index is 762. The highest BCUT2D eigenvalue weighted by molar-refractivity contribution is 7.89. The molecular weight excluding hydrogens is 392 g/mol. The molecule has 0 radical (unpaired) electrons. The Morgan fingerprint density at radius 2 is 2.07 bits per heavy atom. The zero-order valence-electron chi connectivity index (χ0n) is 17.7. The van der Waals surface area contributed by atoms with Gasteiger partial charge in [-0.25, -0.2) is 13.1 Å². The molecule has 1 aromatic rings. The van der Waals surface area contributed by atoms with E-state index >= 15 is 0 Å². The Kier molecular flexibility index (Phi) is 9.69. The molecule has 0 bridgehead atoms. The molecule has 8 nitrogen and oxygen atoms in total. The summed E-state index contributed by atoms with van der Waals surface area (Å²) in [4.78, 5) is 4.15. The van der Waals surface area contributed by atoms with Gasteiger partial charge < -0.3 is 20.1 Å². The number of hydrogen-bond acceptors (Lipinski definition) is 5. The molecule has 2 rings (SSSR count). The van der Waals surface area contributed by atoms with Crippen molar-refractivity contribution >= 4 is 16.0 Å². The summed E-state index contributed by atoms with van der Waals surface area (Å²) in [6.45, 7) is 4.03. The molecule has 1 heterocycles. The lowest BCUT2D eigenvalue weighted by Gasteiger charge is -2.22. The number of methoxy groups -OCH3 is 1. The molecule has 0 amide bonds. The van der Waals surface area contributed by atoms with E-state index in [0.717, 1.165) is 37.0 Å². The standard InChI is InChI=1S/C20H34N4O4S/c1-16-7-8-19(27-3)17(14-16)9-10-22-20(21-2)23-11-13-29(25,26)24-15-18-6-4-5-12-28-18/h7-8,14,18,24H,4-6,9-13,15H2,1-3H3,(H2,21,22,23). The molecule has 3 N–H and O–H groups in total. The van der Waals surface area contributed by atoms with Gasteiger partial charge in [0.25, 0.3) is 0 Å². The maximum absolute atomic E-state index is 12.2. The number of benzene rings is 1. The third-order valence-corrected chi connectivity index (χ3v) is 6.16. The van der Waals surface area contributed by atoms with Crippen molar-refractivity contribution in [2.75, 3.05) is 46.2 Å². The summed E-state index contributed by atoms with van der Waals surface area (Å²) in [5.41, 5.74) is 2.30.